The fourth-order valence-electron chi connectivity index (χ4n) is 3.58. The lowest BCUT2D eigenvalue weighted by molar-refractivity contribution is 0.458. The fraction of sp³-hybridized carbons (Fsp3) is 0.625. The van der Waals surface area contributed by atoms with Crippen molar-refractivity contribution in [2.75, 3.05) is 29.9 Å². The van der Waals surface area contributed by atoms with Crippen molar-refractivity contribution in [3.05, 3.63) is 24.3 Å². The van der Waals surface area contributed by atoms with Crippen molar-refractivity contribution in [1.29, 1.82) is 0 Å². The third kappa shape index (κ3) is 2.44. The fourth-order valence-corrected chi connectivity index (χ4v) is 3.58. The summed E-state index contributed by atoms with van der Waals surface area (Å²) in [4.78, 5) is 4.93. The van der Waals surface area contributed by atoms with Gasteiger partial charge in [0.2, 0.25) is 0 Å². The van der Waals surface area contributed by atoms with Crippen LogP contribution in [0, 0.1) is 0 Å². The Morgan fingerprint density at radius 3 is 2.58 bits per heavy atom. The van der Waals surface area contributed by atoms with Gasteiger partial charge in [0.15, 0.2) is 0 Å². The van der Waals surface area contributed by atoms with E-state index in [0.717, 1.165) is 13.1 Å². The van der Waals surface area contributed by atoms with E-state index in [1.807, 2.05) is 0 Å². The summed E-state index contributed by atoms with van der Waals surface area (Å²) >= 11 is 0. The van der Waals surface area contributed by atoms with Gasteiger partial charge in [-0.2, -0.15) is 0 Å². The Labute approximate surface area is 116 Å². The minimum atomic E-state index is 0.332. The minimum absolute atomic E-state index is 0.332. The van der Waals surface area contributed by atoms with Crippen LogP contribution in [0.2, 0.25) is 0 Å². The van der Waals surface area contributed by atoms with Gasteiger partial charge < -0.3 is 15.5 Å². The van der Waals surface area contributed by atoms with Gasteiger partial charge in [-0.05, 0) is 25.0 Å². The molecule has 0 aromatic heterocycles. The zero-order valence-electron chi connectivity index (χ0n) is 11.9. The largest absolute Gasteiger partial charge is 0.371 e. The molecule has 1 aliphatic heterocycles. The molecule has 1 saturated carbocycles. The first-order valence-electron chi connectivity index (χ1n) is 7.60. The first kappa shape index (κ1) is 12.8. The Bertz CT molecular complexity index is 432. The summed E-state index contributed by atoms with van der Waals surface area (Å²) in [6, 6.07) is 9.61. The van der Waals surface area contributed by atoms with Crippen LogP contribution in [0.25, 0.3) is 0 Å². The van der Waals surface area contributed by atoms with E-state index in [0.29, 0.717) is 12.1 Å². The van der Waals surface area contributed by atoms with E-state index in [1.165, 1.54) is 43.5 Å². The van der Waals surface area contributed by atoms with Crippen molar-refractivity contribution in [3.8, 4) is 0 Å². The molecule has 2 N–H and O–H groups in total. The quantitative estimate of drug-likeness (QED) is 0.787. The molecule has 2 unspecified atom stereocenters. The van der Waals surface area contributed by atoms with Gasteiger partial charge in [0.05, 0.1) is 11.4 Å². The van der Waals surface area contributed by atoms with Crippen LogP contribution >= 0.6 is 0 Å². The van der Waals surface area contributed by atoms with E-state index in [4.69, 9.17) is 5.73 Å². The maximum absolute atomic E-state index is 6.45. The summed E-state index contributed by atoms with van der Waals surface area (Å²) in [5.74, 6) is 0. The first-order valence-corrected chi connectivity index (χ1v) is 7.60. The molecule has 1 aliphatic carbocycles. The van der Waals surface area contributed by atoms with E-state index in [9.17, 15) is 0 Å². The molecule has 2 aliphatic rings. The average Bonchev–Trinajstić information content (AvgIpc) is 2.65. The third-order valence-electron chi connectivity index (χ3n) is 4.71. The monoisotopic (exact) mass is 259 g/mol. The number of hydrogen-bond donors (Lipinski definition) is 1. The molecule has 0 spiro atoms. The van der Waals surface area contributed by atoms with Gasteiger partial charge in [0.25, 0.3) is 0 Å². The normalized spacial score (nSPS) is 27.9. The molecule has 2 atom stereocenters. The van der Waals surface area contributed by atoms with Gasteiger partial charge in [-0.15, -0.1) is 0 Å². The second kappa shape index (κ2) is 5.41. The van der Waals surface area contributed by atoms with Gasteiger partial charge in [0.1, 0.15) is 0 Å². The highest BCUT2D eigenvalue weighted by atomic mass is 15.3. The molecule has 1 aromatic rings. The predicted octanol–water partition coefficient (Wildman–Crippen LogP) is 2.60. The molecular weight excluding hydrogens is 234 g/mol. The van der Waals surface area contributed by atoms with E-state index < -0.39 is 0 Å². The number of nitrogens with zero attached hydrogens (tertiary/aromatic N) is 2. The summed E-state index contributed by atoms with van der Waals surface area (Å²) in [5, 5.41) is 0. The van der Waals surface area contributed by atoms with Crippen molar-refractivity contribution < 1.29 is 0 Å². The second-order valence-corrected chi connectivity index (χ2v) is 5.97. The number of fused-ring (bicyclic) bond motifs is 1. The van der Waals surface area contributed by atoms with Gasteiger partial charge in [-0.25, -0.2) is 0 Å². The molecule has 1 fully saturated rings. The van der Waals surface area contributed by atoms with E-state index in [1.54, 1.807) is 0 Å². The van der Waals surface area contributed by atoms with Gasteiger partial charge in [-0.3, -0.25) is 0 Å². The Kier molecular flexibility index (Phi) is 3.65. The smallest absolute Gasteiger partial charge is 0.0607 e. The zero-order chi connectivity index (χ0) is 13.2. The summed E-state index contributed by atoms with van der Waals surface area (Å²) < 4.78 is 0. The molecule has 0 saturated heterocycles. The van der Waals surface area contributed by atoms with Crippen LogP contribution in [0.3, 0.4) is 0 Å². The third-order valence-corrected chi connectivity index (χ3v) is 4.71. The summed E-state index contributed by atoms with van der Waals surface area (Å²) in [7, 11) is 2.18. The highest BCUT2D eigenvalue weighted by Gasteiger charge is 2.30. The summed E-state index contributed by atoms with van der Waals surface area (Å²) in [6.45, 7) is 2.20. The van der Waals surface area contributed by atoms with Crippen LogP contribution in [0.15, 0.2) is 24.3 Å². The molecule has 0 radical (unpaired) electrons. The minimum Gasteiger partial charge on any atom is -0.371 e. The number of likely N-dealkylation sites (N-methyl/N-ethyl adjacent to an activating group) is 1. The van der Waals surface area contributed by atoms with Crippen LogP contribution in [0.5, 0.6) is 0 Å². The van der Waals surface area contributed by atoms with Crippen LogP contribution in [0.1, 0.15) is 32.1 Å². The summed E-state index contributed by atoms with van der Waals surface area (Å²) in [6.07, 6.45) is 6.40. The first-order chi connectivity index (χ1) is 9.27. The molecule has 19 heavy (non-hydrogen) atoms. The topological polar surface area (TPSA) is 32.5 Å². The molecule has 1 heterocycles. The lowest BCUT2D eigenvalue weighted by Crippen LogP contribution is -2.52. The number of anilines is 2. The van der Waals surface area contributed by atoms with Gasteiger partial charge >= 0.3 is 0 Å². The van der Waals surface area contributed by atoms with E-state index in [-0.39, 0.29) is 0 Å². The van der Waals surface area contributed by atoms with Crippen LogP contribution in [0.4, 0.5) is 11.4 Å². The van der Waals surface area contributed by atoms with Gasteiger partial charge in [0, 0.05) is 32.2 Å². The standard InChI is InChI=1S/C16H25N3/c1-18-11-12-19(16-10-6-5-9-15(16)18)14-8-4-2-3-7-13(14)17/h5-6,9-10,13-14H,2-4,7-8,11-12,17H2,1H3. The molecule has 3 heteroatoms. The molecule has 1 aromatic carbocycles. The highest BCUT2D eigenvalue weighted by Crippen LogP contribution is 2.35. The number of para-hydroxylation sites is 2. The summed E-state index contributed by atoms with van der Waals surface area (Å²) in [5.41, 5.74) is 9.17. The SMILES string of the molecule is CN1CCN(C2CCCCCC2N)c2ccccc21. The van der Waals surface area contributed by atoms with Crippen LogP contribution < -0.4 is 15.5 Å². The number of benzene rings is 1. The lowest BCUT2D eigenvalue weighted by Gasteiger charge is -2.43. The van der Waals surface area contributed by atoms with Crippen molar-refractivity contribution >= 4 is 11.4 Å². The number of hydrogen-bond acceptors (Lipinski definition) is 3. The maximum atomic E-state index is 6.45. The average molecular weight is 259 g/mol. The van der Waals surface area contributed by atoms with Crippen molar-refractivity contribution in [1.82, 2.24) is 0 Å². The van der Waals surface area contributed by atoms with E-state index in [2.05, 4.69) is 41.1 Å². The lowest BCUT2D eigenvalue weighted by atomic mass is 9.99. The van der Waals surface area contributed by atoms with Crippen LogP contribution in [-0.2, 0) is 0 Å². The zero-order valence-corrected chi connectivity index (χ0v) is 11.9. The van der Waals surface area contributed by atoms with E-state index >= 15 is 0 Å². The highest BCUT2D eigenvalue weighted by molar-refractivity contribution is 5.73. The van der Waals surface area contributed by atoms with Crippen molar-refractivity contribution in [3.63, 3.8) is 0 Å². The Hall–Kier alpha value is -1.22. The molecule has 3 rings (SSSR count). The Balaban J connectivity index is 1.90. The van der Waals surface area contributed by atoms with Gasteiger partial charge in [-0.1, -0.05) is 31.4 Å². The predicted molar refractivity (Wildman–Crippen MR) is 81.9 cm³/mol. The molecule has 0 amide bonds. The molecular formula is C16H25N3. The van der Waals surface area contributed by atoms with Crippen LogP contribution in [-0.4, -0.2) is 32.2 Å². The molecule has 3 nitrogen and oxygen atoms in total. The Morgan fingerprint density at radius 1 is 1.00 bits per heavy atom. The maximum Gasteiger partial charge on any atom is 0.0607 e. The van der Waals surface area contributed by atoms with Crippen molar-refractivity contribution in [2.45, 2.75) is 44.2 Å². The second-order valence-electron chi connectivity index (χ2n) is 5.97. The number of nitrogens with two attached hydrogens (primary N) is 1. The number of rotatable bonds is 1. The Morgan fingerprint density at radius 2 is 1.74 bits per heavy atom. The van der Waals surface area contributed by atoms with Crippen molar-refractivity contribution in [2.24, 2.45) is 5.73 Å². The molecule has 104 valence electrons. The molecule has 0 bridgehead atoms.